The predicted molar refractivity (Wildman–Crippen MR) is 58.4 cm³/mol. The maximum Gasteiger partial charge on any atom is 0.175 e. The Morgan fingerprint density at radius 1 is 1.24 bits per heavy atom. The largest absolute Gasteiger partial charge is 0.395 e. The van der Waals surface area contributed by atoms with Crippen LogP contribution in [0.5, 0.6) is 0 Å². The quantitative estimate of drug-likeness (QED) is 0.420. The molecule has 17 heavy (non-hydrogen) atoms. The summed E-state index contributed by atoms with van der Waals surface area (Å²) in [6, 6.07) is -0.514. The summed E-state index contributed by atoms with van der Waals surface area (Å²) in [5.41, 5.74) is 0. The minimum absolute atomic E-state index is 0.0548. The molecular weight excluding hydrogens is 230 g/mol. The Hall–Kier alpha value is -0.280. The van der Waals surface area contributed by atoms with E-state index in [4.69, 9.17) is 24.4 Å². The molecule has 5 unspecified atom stereocenters. The fraction of sp³-hybridized carbons (Fsp3) is 1.00. The molecule has 1 heterocycles. The second kappa shape index (κ2) is 7.22. The Kier molecular flexibility index (Phi) is 6.28. The van der Waals surface area contributed by atoms with Crippen molar-refractivity contribution < 1.29 is 29.5 Å². The van der Waals surface area contributed by atoms with Crippen molar-refractivity contribution in [3.05, 3.63) is 0 Å². The van der Waals surface area contributed by atoms with E-state index in [1.165, 1.54) is 14.2 Å². The van der Waals surface area contributed by atoms with Gasteiger partial charge in [0.05, 0.1) is 19.3 Å². The van der Waals surface area contributed by atoms with Gasteiger partial charge in [-0.3, -0.25) is 0 Å². The molecule has 1 aliphatic rings. The fourth-order valence-electron chi connectivity index (χ4n) is 2.01. The summed E-state index contributed by atoms with van der Waals surface area (Å²) in [6.07, 6.45) is -2.85. The van der Waals surface area contributed by atoms with Crippen LogP contribution in [0.15, 0.2) is 0 Å². The van der Waals surface area contributed by atoms with Crippen molar-refractivity contribution in [1.82, 2.24) is 5.32 Å². The van der Waals surface area contributed by atoms with Crippen LogP contribution in [0.3, 0.4) is 0 Å². The van der Waals surface area contributed by atoms with Crippen molar-refractivity contribution in [2.45, 2.75) is 30.6 Å². The zero-order chi connectivity index (χ0) is 12.8. The van der Waals surface area contributed by atoms with E-state index in [-0.39, 0.29) is 13.2 Å². The first-order valence-corrected chi connectivity index (χ1v) is 5.53. The summed E-state index contributed by atoms with van der Waals surface area (Å²) in [7, 11) is 2.89. The predicted octanol–water partition coefficient (Wildman–Crippen LogP) is -2.32. The molecule has 0 saturated carbocycles. The van der Waals surface area contributed by atoms with Crippen molar-refractivity contribution in [1.29, 1.82) is 0 Å². The maximum absolute atomic E-state index is 10.1. The SMILES string of the molecule is COC1OC(CO)C(OC)C(O)C1NCCO. The Morgan fingerprint density at radius 2 is 1.94 bits per heavy atom. The topological polar surface area (TPSA) is 100 Å². The van der Waals surface area contributed by atoms with Crippen molar-refractivity contribution in [3.8, 4) is 0 Å². The molecule has 0 aromatic rings. The lowest BCUT2D eigenvalue weighted by Crippen LogP contribution is -2.64. The monoisotopic (exact) mass is 251 g/mol. The number of nitrogens with one attached hydrogen (secondary N) is 1. The molecule has 1 aliphatic heterocycles. The second-order valence-corrected chi connectivity index (χ2v) is 3.86. The maximum atomic E-state index is 10.1. The van der Waals surface area contributed by atoms with E-state index >= 15 is 0 Å². The highest BCUT2D eigenvalue weighted by atomic mass is 16.7. The molecule has 7 nitrogen and oxygen atoms in total. The third-order valence-corrected chi connectivity index (χ3v) is 2.85. The van der Waals surface area contributed by atoms with Crippen molar-refractivity contribution in [2.24, 2.45) is 0 Å². The number of methoxy groups -OCH3 is 2. The molecular formula is C10H21NO6. The van der Waals surface area contributed by atoms with Gasteiger partial charge in [-0.15, -0.1) is 0 Å². The number of aliphatic hydroxyl groups is 3. The zero-order valence-electron chi connectivity index (χ0n) is 10.1. The van der Waals surface area contributed by atoms with Gasteiger partial charge in [0.1, 0.15) is 18.3 Å². The first-order valence-electron chi connectivity index (χ1n) is 5.53. The standard InChI is InChI=1S/C10H21NO6/c1-15-9-6(5-13)17-10(16-2)7(8(9)14)11-3-4-12/h6-14H,3-5H2,1-2H3. The van der Waals surface area contributed by atoms with Gasteiger partial charge in [-0.1, -0.05) is 0 Å². The molecule has 102 valence electrons. The molecule has 0 amide bonds. The fourth-order valence-corrected chi connectivity index (χ4v) is 2.01. The van der Waals surface area contributed by atoms with Gasteiger partial charge >= 0.3 is 0 Å². The van der Waals surface area contributed by atoms with Crippen LogP contribution in [0.1, 0.15) is 0 Å². The molecule has 0 bridgehead atoms. The Labute approximate surface area is 100 Å². The summed E-state index contributed by atoms with van der Waals surface area (Å²) in [5, 5.41) is 31.0. The molecule has 0 aliphatic carbocycles. The Morgan fingerprint density at radius 3 is 2.41 bits per heavy atom. The third-order valence-electron chi connectivity index (χ3n) is 2.85. The average molecular weight is 251 g/mol. The number of aliphatic hydroxyl groups excluding tert-OH is 3. The highest BCUT2D eigenvalue weighted by Gasteiger charge is 2.45. The molecule has 4 N–H and O–H groups in total. The van der Waals surface area contributed by atoms with Crippen molar-refractivity contribution >= 4 is 0 Å². The molecule has 1 rings (SSSR count). The Bertz CT molecular complexity index is 217. The normalized spacial score (nSPS) is 38.3. The van der Waals surface area contributed by atoms with E-state index < -0.39 is 30.6 Å². The minimum atomic E-state index is -0.887. The van der Waals surface area contributed by atoms with Crippen molar-refractivity contribution in [3.63, 3.8) is 0 Å². The van der Waals surface area contributed by atoms with Crippen LogP contribution in [0.4, 0.5) is 0 Å². The van der Waals surface area contributed by atoms with E-state index in [2.05, 4.69) is 5.32 Å². The lowest BCUT2D eigenvalue weighted by molar-refractivity contribution is -0.267. The summed E-state index contributed by atoms with van der Waals surface area (Å²) in [6.45, 7) is -0.00590. The summed E-state index contributed by atoms with van der Waals surface area (Å²) in [4.78, 5) is 0. The van der Waals surface area contributed by atoms with E-state index in [1.807, 2.05) is 0 Å². The minimum Gasteiger partial charge on any atom is -0.395 e. The van der Waals surface area contributed by atoms with Crippen LogP contribution in [0.25, 0.3) is 0 Å². The van der Waals surface area contributed by atoms with Gasteiger partial charge in [0.2, 0.25) is 0 Å². The van der Waals surface area contributed by atoms with Crippen LogP contribution in [-0.4, -0.2) is 79.9 Å². The second-order valence-electron chi connectivity index (χ2n) is 3.86. The average Bonchev–Trinajstić information content (AvgIpc) is 2.36. The molecule has 5 atom stereocenters. The summed E-state index contributed by atoms with van der Waals surface area (Å²) in [5.74, 6) is 0. The van der Waals surface area contributed by atoms with Gasteiger partial charge in [0.15, 0.2) is 6.29 Å². The first kappa shape index (κ1) is 14.8. The van der Waals surface area contributed by atoms with Crippen LogP contribution in [0.2, 0.25) is 0 Å². The number of rotatable bonds is 6. The number of hydrogen-bond donors (Lipinski definition) is 4. The highest BCUT2D eigenvalue weighted by Crippen LogP contribution is 2.23. The molecule has 0 aromatic carbocycles. The lowest BCUT2D eigenvalue weighted by Gasteiger charge is -2.43. The van der Waals surface area contributed by atoms with Gasteiger partial charge in [-0.05, 0) is 0 Å². The molecule has 0 radical (unpaired) electrons. The van der Waals surface area contributed by atoms with Crippen LogP contribution in [-0.2, 0) is 14.2 Å². The molecule has 0 spiro atoms. The zero-order valence-corrected chi connectivity index (χ0v) is 10.1. The van der Waals surface area contributed by atoms with E-state index in [0.29, 0.717) is 6.54 Å². The smallest absolute Gasteiger partial charge is 0.175 e. The molecule has 1 saturated heterocycles. The number of ether oxygens (including phenoxy) is 3. The highest BCUT2D eigenvalue weighted by molar-refractivity contribution is 4.94. The van der Waals surface area contributed by atoms with Gasteiger partial charge in [0, 0.05) is 20.8 Å². The molecule has 7 heteroatoms. The van der Waals surface area contributed by atoms with Crippen LogP contribution < -0.4 is 5.32 Å². The van der Waals surface area contributed by atoms with Gasteiger partial charge in [-0.25, -0.2) is 0 Å². The van der Waals surface area contributed by atoms with Gasteiger partial charge < -0.3 is 34.8 Å². The summed E-state index contributed by atoms with van der Waals surface area (Å²) >= 11 is 0. The third kappa shape index (κ3) is 3.35. The van der Waals surface area contributed by atoms with Crippen molar-refractivity contribution in [2.75, 3.05) is 34.0 Å². The van der Waals surface area contributed by atoms with Gasteiger partial charge in [-0.2, -0.15) is 0 Å². The van der Waals surface area contributed by atoms with Gasteiger partial charge in [0.25, 0.3) is 0 Å². The van der Waals surface area contributed by atoms with E-state index in [1.54, 1.807) is 0 Å². The van der Waals surface area contributed by atoms with E-state index in [9.17, 15) is 5.11 Å². The summed E-state index contributed by atoms with van der Waals surface area (Å²) < 4.78 is 15.7. The first-order chi connectivity index (χ1) is 8.19. The lowest BCUT2D eigenvalue weighted by atomic mass is 9.97. The molecule has 1 fully saturated rings. The molecule has 0 aromatic heterocycles. The Balaban J connectivity index is 2.72. The van der Waals surface area contributed by atoms with Crippen LogP contribution >= 0.6 is 0 Å². The number of hydrogen-bond acceptors (Lipinski definition) is 7. The van der Waals surface area contributed by atoms with E-state index in [0.717, 1.165) is 0 Å². The van der Waals surface area contributed by atoms with Crippen LogP contribution in [0, 0.1) is 0 Å².